The average Bonchev–Trinajstić information content (AvgIpc) is 2.86. The van der Waals surface area contributed by atoms with Gasteiger partial charge in [-0.15, -0.1) is 0 Å². The molecule has 4 N–H and O–H groups in total. The van der Waals surface area contributed by atoms with E-state index in [0.717, 1.165) is 19.4 Å². The molecule has 0 atom stereocenters. The maximum absolute atomic E-state index is 11.2. The van der Waals surface area contributed by atoms with Gasteiger partial charge in [0.15, 0.2) is 5.82 Å². The second kappa shape index (κ2) is 5.25. The Morgan fingerprint density at radius 2 is 2.11 bits per heavy atom. The number of nitrogens with zero attached hydrogens (tertiary/aromatic N) is 2. The number of hydrogen-bond donors (Lipinski definition) is 2. The van der Waals surface area contributed by atoms with Gasteiger partial charge in [0.05, 0.1) is 5.69 Å². The number of carbonyl (C=O) groups is 1. The number of pyridine rings is 1. The minimum atomic E-state index is -0.515. The first-order chi connectivity index (χ1) is 8.63. The molecule has 0 spiro atoms. The molecule has 5 nitrogen and oxygen atoms in total. The van der Waals surface area contributed by atoms with Gasteiger partial charge in [-0.05, 0) is 31.9 Å². The Morgan fingerprint density at radius 1 is 1.44 bits per heavy atom. The molecule has 0 radical (unpaired) electrons. The molecule has 1 fully saturated rings. The summed E-state index contributed by atoms with van der Waals surface area (Å²) in [4.78, 5) is 17.7. The Hall–Kier alpha value is -1.78. The van der Waals surface area contributed by atoms with Crippen molar-refractivity contribution in [1.29, 1.82) is 0 Å². The standard InChI is InChI=1S/C13H20N4O/c1-2-17(9-5-3-4-6-9)13-10(14)7-8-11(16-13)12(15)18/h7-9H,2-6,14H2,1H3,(H2,15,18). The Bertz CT molecular complexity index is 441. The van der Waals surface area contributed by atoms with Gasteiger partial charge in [0.2, 0.25) is 0 Å². The average molecular weight is 248 g/mol. The lowest BCUT2D eigenvalue weighted by Gasteiger charge is -2.29. The smallest absolute Gasteiger partial charge is 0.267 e. The van der Waals surface area contributed by atoms with Gasteiger partial charge in [0.1, 0.15) is 5.69 Å². The van der Waals surface area contributed by atoms with Crippen molar-refractivity contribution in [2.75, 3.05) is 17.2 Å². The highest BCUT2D eigenvalue weighted by atomic mass is 16.1. The zero-order chi connectivity index (χ0) is 13.1. The number of nitrogens with two attached hydrogens (primary N) is 2. The third-order valence-corrected chi connectivity index (χ3v) is 3.54. The number of amides is 1. The molecule has 1 heterocycles. The number of aromatic nitrogens is 1. The van der Waals surface area contributed by atoms with E-state index >= 15 is 0 Å². The summed E-state index contributed by atoms with van der Waals surface area (Å²) in [6, 6.07) is 3.76. The van der Waals surface area contributed by atoms with Crippen LogP contribution in [0.2, 0.25) is 0 Å². The van der Waals surface area contributed by atoms with E-state index in [1.165, 1.54) is 12.8 Å². The van der Waals surface area contributed by atoms with Gasteiger partial charge in [-0.2, -0.15) is 0 Å². The summed E-state index contributed by atoms with van der Waals surface area (Å²) in [6.45, 7) is 2.92. The van der Waals surface area contributed by atoms with Crippen LogP contribution in [0.1, 0.15) is 43.1 Å². The summed E-state index contributed by atoms with van der Waals surface area (Å²) < 4.78 is 0. The van der Waals surface area contributed by atoms with Crippen molar-refractivity contribution in [3.63, 3.8) is 0 Å². The van der Waals surface area contributed by atoms with Gasteiger partial charge < -0.3 is 16.4 Å². The van der Waals surface area contributed by atoms with E-state index in [2.05, 4.69) is 16.8 Å². The van der Waals surface area contributed by atoms with E-state index in [-0.39, 0.29) is 5.69 Å². The molecule has 1 aliphatic carbocycles. The fourth-order valence-corrected chi connectivity index (χ4v) is 2.62. The van der Waals surface area contributed by atoms with Crippen LogP contribution in [0.3, 0.4) is 0 Å². The molecule has 0 unspecified atom stereocenters. The molecule has 2 rings (SSSR count). The zero-order valence-corrected chi connectivity index (χ0v) is 10.7. The SMILES string of the molecule is CCN(c1nc(C(N)=O)ccc1N)C1CCCC1. The molecular weight excluding hydrogens is 228 g/mol. The lowest BCUT2D eigenvalue weighted by Crippen LogP contribution is -2.34. The zero-order valence-electron chi connectivity index (χ0n) is 10.7. The van der Waals surface area contributed by atoms with Crippen LogP contribution in [0.25, 0.3) is 0 Å². The summed E-state index contributed by atoms with van der Waals surface area (Å²) in [5.74, 6) is 0.180. The van der Waals surface area contributed by atoms with E-state index in [4.69, 9.17) is 11.5 Å². The molecule has 1 aromatic heterocycles. The number of nitrogen functional groups attached to an aromatic ring is 1. The summed E-state index contributed by atoms with van der Waals surface area (Å²) in [5, 5.41) is 0. The first-order valence-electron chi connectivity index (χ1n) is 6.46. The van der Waals surface area contributed by atoms with E-state index in [1.54, 1.807) is 12.1 Å². The lowest BCUT2D eigenvalue weighted by atomic mass is 10.2. The normalized spacial score (nSPS) is 15.8. The number of carbonyl (C=O) groups excluding carboxylic acids is 1. The van der Waals surface area contributed by atoms with Crippen molar-refractivity contribution in [3.05, 3.63) is 17.8 Å². The molecule has 1 aromatic rings. The summed E-state index contributed by atoms with van der Waals surface area (Å²) in [6.07, 6.45) is 4.82. The van der Waals surface area contributed by atoms with Crippen LogP contribution in [0.5, 0.6) is 0 Å². The van der Waals surface area contributed by atoms with Crippen LogP contribution in [0.4, 0.5) is 11.5 Å². The summed E-state index contributed by atoms with van der Waals surface area (Å²) >= 11 is 0. The Morgan fingerprint density at radius 3 is 2.67 bits per heavy atom. The summed E-state index contributed by atoms with van der Waals surface area (Å²) in [7, 11) is 0. The molecule has 0 aliphatic heterocycles. The topological polar surface area (TPSA) is 85.2 Å². The highest BCUT2D eigenvalue weighted by molar-refractivity contribution is 5.91. The highest BCUT2D eigenvalue weighted by Gasteiger charge is 2.24. The van der Waals surface area contributed by atoms with Gasteiger partial charge in [-0.1, -0.05) is 12.8 Å². The third kappa shape index (κ3) is 2.39. The van der Waals surface area contributed by atoms with Gasteiger partial charge >= 0.3 is 0 Å². The fourth-order valence-electron chi connectivity index (χ4n) is 2.62. The molecule has 0 bridgehead atoms. The van der Waals surface area contributed by atoms with Gasteiger partial charge in [-0.3, -0.25) is 4.79 Å². The highest BCUT2D eigenvalue weighted by Crippen LogP contribution is 2.30. The molecule has 5 heteroatoms. The largest absolute Gasteiger partial charge is 0.396 e. The molecule has 98 valence electrons. The number of anilines is 2. The van der Waals surface area contributed by atoms with Gasteiger partial charge in [0, 0.05) is 12.6 Å². The fraction of sp³-hybridized carbons (Fsp3) is 0.538. The second-order valence-electron chi connectivity index (χ2n) is 4.70. The third-order valence-electron chi connectivity index (χ3n) is 3.54. The summed E-state index contributed by atoms with van der Waals surface area (Å²) in [5.41, 5.74) is 12.1. The second-order valence-corrected chi connectivity index (χ2v) is 4.70. The molecule has 1 aliphatic rings. The van der Waals surface area contributed by atoms with E-state index in [1.807, 2.05) is 0 Å². The van der Waals surface area contributed by atoms with Gasteiger partial charge in [-0.25, -0.2) is 4.98 Å². The monoisotopic (exact) mass is 248 g/mol. The molecule has 1 saturated carbocycles. The van der Waals surface area contributed by atoms with E-state index < -0.39 is 5.91 Å². The Kier molecular flexibility index (Phi) is 3.69. The number of rotatable bonds is 4. The minimum absolute atomic E-state index is 0.274. The van der Waals surface area contributed by atoms with Crippen LogP contribution in [-0.2, 0) is 0 Å². The minimum Gasteiger partial charge on any atom is -0.396 e. The molecular formula is C13H20N4O. The number of hydrogen-bond acceptors (Lipinski definition) is 4. The molecule has 1 amide bonds. The maximum atomic E-state index is 11.2. The Labute approximate surface area is 107 Å². The first kappa shape index (κ1) is 12.7. The van der Waals surface area contributed by atoms with Crippen LogP contribution in [0, 0.1) is 0 Å². The van der Waals surface area contributed by atoms with Crippen LogP contribution >= 0.6 is 0 Å². The lowest BCUT2D eigenvalue weighted by molar-refractivity contribution is 0.0995. The maximum Gasteiger partial charge on any atom is 0.267 e. The van der Waals surface area contributed by atoms with Crippen molar-refractivity contribution >= 4 is 17.4 Å². The van der Waals surface area contributed by atoms with Crippen LogP contribution < -0.4 is 16.4 Å². The van der Waals surface area contributed by atoms with E-state index in [9.17, 15) is 4.79 Å². The quantitative estimate of drug-likeness (QED) is 0.846. The molecule has 18 heavy (non-hydrogen) atoms. The predicted octanol–water partition coefficient (Wildman–Crippen LogP) is 1.53. The van der Waals surface area contributed by atoms with Crippen molar-refractivity contribution in [3.8, 4) is 0 Å². The Balaban J connectivity index is 2.34. The van der Waals surface area contributed by atoms with Crippen LogP contribution in [-0.4, -0.2) is 23.5 Å². The van der Waals surface area contributed by atoms with Crippen molar-refractivity contribution in [2.45, 2.75) is 38.6 Å². The van der Waals surface area contributed by atoms with Gasteiger partial charge in [0.25, 0.3) is 5.91 Å². The van der Waals surface area contributed by atoms with Crippen molar-refractivity contribution in [2.24, 2.45) is 5.73 Å². The molecule has 0 saturated heterocycles. The molecule has 0 aromatic carbocycles. The first-order valence-corrected chi connectivity index (χ1v) is 6.46. The van der Waals surface area contributed by atoms with Crippen molar-refractivity contribution < 1.29 is 4.79 Å². The number of primary amides is 1. The van der Waals surface area contributed by atoms with E-state index in [0.29, 0.717) is 17.5 Å². The predicted molar refractivity (Wildman–Crippen MR) is 72.4 cm³/mol. The van der Waals surface area contributed by atoms with Crippen LogP contribution in [0.15, 0.2) is 12.1 Å². The van der Waals surface area contributed by atoms with Crippen molar-refractivity contribution in [1.82, 2.24) is 4.98 Å².